The topological polar surface area (TPSA) is 33.2 Å². The number of pyridine rings is 1. The molecule has 0 aliphatic heterocycles. The van der Waals surface area contributed by atoms with Crippen LogP contribution in [0.5, 0.6) is 0 Å². The largest absolute Gasteiger partial charge is 0.334 e. The molecule has 0 spiro atoms. The van der Waals surface area contributed by atoms with E-state index in [2.05, 4.69) is 18.8 Å². The van der Waals surface area contributed by atoms with Gasteiger partial charge in [0.2, 0.25) is 5.91 Å². The molecule has 3 heteroatoms. The molecule has 1 heterocycles. The van der Waals surface area contributed by atoms with E-state index in [9.17, 15) is 4.79 Å². The van der Waals surface area contributed by atoms with E-state index in [0.29, 0.717) is 6.04 Å². The zero-order valence-corrected chi connectivity index (χ0v) is 11.7. The lowest BCUT2D eigenvalue weighted by Crippen LogP contribution is -2.42. The fourth-order valence-electron chi connectivity index (χ4n) is 2.76. The summed E-state index contributed by atoms with van der Waals surface area (Å²) in [4.78, 5) is 18.6. The van der Waals surface area contributed by atoms with Crippen molar-refractivity contribution in [3.05, 3.63) is 36.2 Å². The first-order chi connectivity index (χ1) is 9.18. The summed E-state index contributed by atoms with van der Waals surface area (Å²) in [6.07, 6.45) is 9.95. The number of amides is 1. The number of carbonyl (C=O) groups is 1. The van der Waals surface area contributed by atoms with E-state index in [1.165, 1.54) is 12.8 Å². The average molecular weight is 258 g/mol. The van der Waals surface area contributed by atoms with E-state index >= 15 is 0 Å². The van der Waals surface area contributed by atoms with Crippen molar-refractivity contribution in [1.29, 1.82) is 0 Å². The lowest BCUT2D eigenvalue weighted by atomic mass is 10.1. The van der Waals surface area contributed by atoms with Gasteiger partial charge in [-0.1, -0.05) is 18.9 Å². The Morgan fingerprint density at radius 3 is 2.68 bits per heavy atom. The molecule has 0 atom stereocenters. The van der Waals surface area contributed by atoms with Crippen molar-refractivity contribution >= 4 is 12.0 Å². The SMILES string of the molecule is CC(C)N(C(=O)C=Cc1ccccn1)C1CCCC1. The lowest BCUT2D eigenvalue weighted by molar-refractivity contribution is -0.130. The van der Waals surface area contributed by atoms with Gasteiger partial charge in [-0.3, -0.25) is 9.78 Å². The van der Waals surface area contributed by atoms with Gasteiger partial charge >= 0.3 is 0 Å². The summed E-state index contributed by atoms with van der Waals surface area (Å²) in [6.45, 7) is 4.18. The Hall–Kier alpha value is -1.64. The van der Waals surface area contributed by atoms with Gasteiger partial charge in [-0.25, -0.2) is 0 Å². The maximum absolute atomic E-state index is 12.4. The molecule has 3 nitrogen and oxygen atoms in total. The number of aromatic nitrogens is 1. The van der Waals surface area contributed by atoms with Crippen LogP contribution in [0.15, 0.2) is 30.5 Å². The third kappa shape index (κ3) is 3.66. The summed E-state index contributed by atoms with van der Waals surface area (Å²) in [5.41, 5.74) is 0.825. The molecule has 19 heavy (non-hydrogen) atoms. The summed E-state index contributed by atoms with van der Waals surface area (Å²) in [5.74, 6) is 0.104. The first-order valence-corrected chi connectivity index (χ1v) is 7.10. The summed E-state index contributed by atoms with van der Waals surface area (Å²) in [6, 6.07) is 6.37. The smallest absolute Gasteiger partial charge is 0.247 e. The first-order valence-electron chi connectivity index (χ1n) is 7.10. The van der Waals surface area contributed by atoms with Gasteiger partial charge in [-0.15, -0.1) is 0 Å². The predicted molar refractivity (Wildman–Crippen MR) is 77.5 cm³/mol. The molecule has 1 aromatic rings. The Bertz CT molecular complexity index is 433. The Morgan fingerprint density at radius 1 is 1.37 bits per heavy atom. The molecule has 1 fully saturated rings. The minimum atomic E-state index is 0.104. The van der Waals surface area contributed by atoms with Crippen LogP contribution < -0.4 is 0 Å². The van der Waals surface area contributed by atoms with Crippen molar-refractivity contribution in [1.82, 2.24) is 9.88 Å². The summed E-state index contributed by atoms with van der Waals surface area (Å²) < 4.78 is 0. The normalized spacial score (nSPS) is 16.4. The van der Waals surface area contributed by atoms with Crippen LogP contribution >= 0.6 is 0 Å². The summed E-state index contributed by atoms with van der Waals surface area (Å²) >= 11 is 0. The second kappa shape index (κ2) is 6.50. The van der Waals surface area contributed by atoms with Gasteiger partial charge < -0.3 is 4.90 Å². The molecule has 1 aromatic heterocycles. The molecule has 0 saturated heterocycles. The van der Waals surface area contributed by atoms with E-state index < -0.39 is 0 Å². The van der Waals surface area contributed by atoms with Crippen molar-refractivity contribution in [2.24, 2.45) is 0 Å². The monoisotopic (exact) mass is 258 g/mol. The van der Waals surface area contributed by atoms with Gasteiger partial charge in [0.1, 0.15) is 0 Å². The molecule has 0 N–H and O–H groups in total. The van der Waals surface area contributed by atoms with Crippen molar-refractivity contribution in [3.63, 3.8) is 0 Å². The van der Waals surface area contributed by atoms with Crippen molar-refractivity contribution in [2.75, 3.05) is 0 Å². The van der Waals surface area contributed by atoms with Crippen LogP contribution in [0.3, 0.4) is 0 Å². The third-order valence-corrected chi connectivity index (χ3v) is 3.61. The molecular formula is C16H22N2O. The zero-order chi connectivity index (χ0) is 13.7. The molecule has 102 valence electrons. The van der Waals surface area contributed by atoms with E-state index in [4.69, 9.17) is 0 Å². The Balaban J connectivity index is 2.05. The second-order valence-electron chi connectivity index (χ2n) is 5.37. The molecule has 0 bridgehead atoms. The van der Waals surface area contributed by atoms with Crippen LogP contribution in [0.1, 0.15) is 45.2 Å². The molecular weight excluding hydrogens is 236 g/mol. The van der Waals surface area contributed by atoms with Gasteiger partial charge in [-0.2, -0.15) is 0 Å². The van der Waals surface area contributed by atoms with Gasteiger partial charge in [-0.05, 0) is 44.9 Å². The fraction of sp³-hybridized carbons (Fsp3) is 0.500. The Morgan fingerprint density at radius 2 is 2.11 bits per heavy atom. The van der Waals surface area contributed by atoms with Gasteiger partial charge in [0.05, 0.1) is 5.69 Å². The van der Waals surface area contributed by atoms with E-state index in [-0.39, 0.29) is 11.9 Å². The quantitative estimate of drug-likeness (QED) is 0.777. The Labute approximate surface area is 115 Å². The molecule has 0 unspecified atom stereocenters. The highest BCUT2D eigenvalue weighted by Gasteiger charge is 2.27. The minimum absolute atomic E-state index is 0.104. The number of hydrogen-bond donors (Lipinski definition) is 0. The van der Waals surface area contributed by atoms with E-state index in [0.717, 1.165) is 18.5 Å². The highest BCUT2D eigenvalue weighted by molar-refractivity contribution is 5.92. The number of hydrogen-bond acceptors (Lipinski definition) is 2. The molecule has 0 radical (unpaired) electrons. The molecule has 1 aliphatic carbocycles. The van der Waals surface area contributed by atoms with Crippen molar-refractivity contribution in [3.8, 4) is 0 Å². The van der Waals surface area contributed by atoms with Crippen LogP contribution in [0, 0.1) is 0 Å². The second-order valence-corrected chi connectivity index (χ2v) is 5.37. The number of rotatable bonds is 4. The van der Waals surface area contributed by atoms with Crippen LogP contribution in [0.25, 0.3) is 6.08 Å². The fourth-order valence-corrected chi connectivity index (χ4v) is 2.76. The van der Waals surface area contributed by atoms with Crippen molar-refractivity contribution in [2.45, 2.75) is 51.6 Å². The molecule has 2 rings (SSSR count). The highest BCUT2D eigenvalue weighted by atomic mass is 16.2. The predicted octanol–water partition coefficient (Wildman–Crippen LogP) is 3.27. The average Bonchev–Trinajstić information content (AvgIpc) is 2.91. The van der Waals surface area contributed by atoms with E-state index in [1.807, 2.05) is 23.1 Å². The summed E-state index contributed by atoms with van der Waals surface area (Å²) in [5, 5.41) is 0. The standard InChI is InChI=1S/C16H22N2O/c1-13(2)18(15-8-3-4-9-15)16(19)11-10-14-7-5-6-12-17-14/h5-7,10-13,15H,3-4,8-9H2,1-2H3. The number of nitrogens with zero attached hydrogens (tertiary/aromatic N) is 2. The van der Waals surface area contributed by atoms with E-state index in [1.54, 1.807) is 18.3 Å². The van der Waals surface area contributed by atoms with Crippen LogP contribution in [-0.4, -0.2) is 27.9 Å². The van der Waals surface area contributed by atoms with Gasteiger partial charge in [0, 0.05) is 24.4 Å². The van der Waals surface area contributed by atoms with Crippen LogP contribution in [0.4, 0.5) is 0 Å². The maximum Gasteiger partial charge on any atom is 0.247 e. The maximum atomic E-state index is 12.4. The molecule has 1 amide bonds. The first kappa shape index (κ1) is 13.8. The van der Waals surface area contributed by atoms with Crippen molar-refractivity contribution < 1.29 is 4.79 Å². The third-order valence-electron chi connectivity index (χ3n) is 3.61. The highest BCUT2D eigenvalue weighted by Crippen LogP contribution is 2.25. The van der Waals surface area contributed by atoms with Crippen LogP contribution in [-0.2, 0) is 4.79 Å². The van der Waals surface area contributed by atoms with Gasteiger partial charge in [0.15, 0.2) is 0 Å². The Kier molecular flexibility index (Phi) is 4.72. The summed E-state index contributed by atoms with van der Waals surface area (Å²) in [7, 11) is 0. The zero-order valence-electron chi connectivity index (χ0n) is 11.7. The van der Waals surface area contributed by atoms with Gasteiger partial charge in [0.25, 0.3) is 0 Å². The number of carbonyl (C=O) groups excluding carboxylic acids is 1. The van der Waals surface area contributed by atoms with Crippen LogP contribution in [0.2, 0.25) is 0 Å². The minimum Gasteiger partial charge on any atom is -0.334 e. The molecule has 1 aliphatic rings. The lowest BCUT2D eigenvalue weighted by Gasteiger charge is -2.31. The molecule has 1 saturated carbocycles. The molecule has 0 aromatic carbocycles.